The number of esters is 1. The molecule has 0 saturated carbocycles. The Morgan fingerprint density at radius 3 is 2.63 bits per heavy atom. The number of ether oxygens (including phenoxy) is 3. The number of fused-ring (bicyclic) bond motifs is 1. The van der Waals surface area contributed by atoms with E-state index in [-0.39, 0.29) is 28.9 Å². The van der Waals surface area contributed by atoms with Gasteiger partial charge < -0.3 is 24.6 Å². The first-order valence-corrected chi connectivity index (χ1v) is 11.9. The van der Waals surface area contributed by atoms with Gasteiger partial charge in [0.1, 0.15) is 18.1 Å². The lowest BCUT2D eigenvalue weighted by atomic mass is 9.71. The van der Waals surface area contributed by atoms with E-state index in [0.29, 0.717) is 42.0 Å². The van der Waals surface area contributed by atoms with Gasteiger partial charge in [-0.3, -0.25) is 4.79 Å². The average molecular weight is 498 g/mol. The molecular formula is C27H28ClNO6. The highest BCUT2D eigenvalue weighted by molar-refractivity contribution is 6.32. The first kappa shape index (κ1) is 24.7. The number of benzene rings is 2. The van der Waals surface area contributed by atoms with E-state index in [4.69, 9.17) is 25.8 Å². The molecule has 0 spiro atoms. The molecule has 2 aromatic carbocycles. The number of hydrogen-bond donors (Lipinski definition) is 2. The minimum Gasteiger partial charge on any atom is -0.503 e. The second kappa shape index (κ2) is 10.4. The largest absolute Gasteiger partial charge is 0.503 e. The molecule has 2 aliphatic rings. The Kier molecular flexibility index (Phi) is 7.36. The van der Waals surface area contributed by atoms with Gasteiger partial charge in [0.2, 0.25) is 0 Å². The summed E-state index contributed by atoms with van der Waals surface area (Å²) in [6.45, 7) is 3.97. The predicted octanol–water partition coefficient (Wildman–Crippen LogP) is 5.02. The van der Waals surface area contributed by atoms with Gasteiger partial charge in [-0.2, -0.15) is 0 Å². The molecular weight excluding hydrogens is 470 g/mol. The molecule has 0 bridgehead atoms. The molecule has 1 heterocycles. The van der Waals surface area contributed by atoms with E-state index < -0.39 is 17.8 Å². The molecule has 2 N–H and O–H groups in total. The summed E-state index contributed by atoms with van der Waals surface area (Å²) in [7, 11) is 1.59. The normalized spacial score (nSPS) is 19.4. The topological polar surface area (TPSA) is 94.1 Å². The molecule has 1 aliphatic carbocycles. The van der Waals surface area contributed by atoms with Crippen LogP contribution in [-0.4, -0.2) is 30.6 Å². The van der Waals surface area contributed by atoms with Crippen LogP contribution in [0.25, 0.3) is 0 Å². The van der Waals surface area contributed by atoms with Crippen molar-refractivity contribution < 1.29 is 28.9 Å². The molecule has 7 nitrogen and oxygen atoms in total. The maximum atomic E-state index is 13.4. The highest BCUT2D eigenvalue weighted by Crippen LogP contribution is 2.47. The highest BCUT2D eigenvalue weighted by atomic mass is 35.5. The molecule has 1 aliphatic heterocycles. The predicted molar refractivity (Wildman–Crippen MR) is 131 cm³/mol. The van der Waals surface area contributed by atoms with E-state index in [1.54, 1.807) is 45.2 Å². The molecule has 0 amide bonds. The third kappa shape index (κ3) is 5.00. The minimum absolute atomic E-state index is 0.0233. The summed E-state index contributed by atoms with van der Waals surface area (Å²) in [5.74, 6) is -1.01. The summed E-state index contributed by atoms with van der Waals surface area (Å²) >= 11 is 6.33. The molecule has 8 heteroatoms. The standard InChI is InChI=1S/C27H28ClNO6/c1-4-34-22-13-17(12-19(28)26(22)31)24-23(15(2)29-20-6-5-7-21(30)25(20)24)27(32)35-14-16-8-10-18(33-3)11-9-16/h6,8-13,24-25,29,31H,4-5,7,14H2,1-3H3. The molecule has 0 aromatic heterocycles. The third-order valence-corrected chi connectivity index (χ3v) is 6.56. The Hall–Kier alpha value is -3.45. The molecule has 2 unspecified atom stereocenters. The van der Waals surface area contributed by atoms with Gasteiger partial charge in [0, 0.05) is 23.7 Å². The molecule has 35 heavy (non-hydrogen) atoms. The number of carbonyl (C=O) groups excluding carboxylic acids is 2. The van der Waals surface area contributed by atoms with E-state index in [1.165, 1.54) is 0 Å². The fourth-order valence-corrected chi connectivity index (χ4v) is 4.85. The summed E-state index contributed by atoms with van der Waals surface area (Å²) in [6, 6.07) is 10.5. The minimum atomic E-state index is -0.643. The van der Waals surface area contributed by atoms with Gasteiger partial charge in [0.15, 0.2) is 11.5 Å². The molecule has 2 aromatic rings. The van der Waals surface area contributed by atoms with Crippen LogP contribution >= 0.6 is 11.6 Å². The van der Waals surface area contributed by atoms with Crippen LogP contribution in [0, 0.1) is 5.92 Å². The SMILES string of the molecule is CCOc1cc(C2C(C(=O)OCc3ccc(OC)cc3)=C(C)NC3=CCCC(=O)C32)cc(Cl)c1O. The van der Waals surface area contributed by atoms with Crippen LogP contribution in [0.2, 0.25) is 5.02 Å². The molecule has 2 atom stereocenters. The van der Waals surface area contributed by atoms with E-state index in [9.17, 15) is 14.7 Å². The fraction of sp³-hybridized carbons (Fsp3) is 0.333. The van der Waals surface area contributed by atoms with Crippen LogP contribution < -0.4 is 14.8 Å². The number of halogens is 1. The number of carbonyl (C=O) groups is 2. The molecule has 0 fully saturated rings. The Bertz CT molecular complexity index is 1200. The van der Waals surface area contributed by atoms with Crippen molar-refractivity contribution in [3.05, 3.63) is 75.6 Å². The zero-order chi connectivity index (χ0) is 25.1. The number of Topliss-reactive ketones (excluding diaryl/α,β-unsaturated/α-hetero) is 1. The summed E-state index contributed by atoms with van der Waals surface area (Å²) in [6.07, 6.45) is 3.01. The summed E-state index contributed by atoms with van der Waals surface area (Å²) < 4.78 is 16.4. The van der Waals surface area contributed by atoms with Crippen LogP contribution in [0.1, 0.15) is 43.7 Å². The van der Waals surface area contributed by atoms with E-state index in [1.807, 2.05) is 18.2 Å². The second-order valence-corrected chi connectivity index (χ2v) is 8.90. The van der Waals surface area contributed by atoms with E-state index in [2.05, 4.69) is 5.32 Å². The monoisotopic (exact) mass is 497 g/mol. The zero-order valence-corrected chi connectivity index (χ0v) is 20.6. The van der Waals surface area contributed by atoms with Crippen molar-refractivity contribution in [3.63, 3.8) is 0 Å². The van der Waals surface area contributed by atoms with E-state index in [0.717, 1.165) is 11.3 Å². The molecule has 0 radical (unpaired) electrons. The number of methoxy groups -OCH3 is 1. The van der Waals surface area contributed by atoms with Crippen LogP contribution in [0.4, 0.5) is 0 Å². The Morgan fingerprint density at radius 2 is 1.94 bits per heavy atom. The smallest absolute Gasteiger partial charge is 0.336 e. The Balaban J connectivity index is 1.73. The Morgan fingerprint density at radius 1 is 1.20 bits per heavy atom. The van der Waals surface area contributed by atoms with Gasteiger partial charge in [-0.1, -0.05) is 29.8 Å². The van der Waals surface area contributed by atoms with Crippen LogP contribution in [0.3, 0.4) is 0 Å². The molecule has 4 rings (SSSR count). The summed E-state index contributed by atoms with van der Waals surface area (Å²) in [5, 5.41) is 13.7. The van der Waals surface area contributed by atoms with Crippen molar-refractivity contribution in [2.24, 2.45) is 5.92 Å². The van der Waals surface area contributed by atoms with Crippen molar-refractivity contribution in [1.29, 1.82) is 0 Å². The van der Waals surface area contributed by atoms with Crippen molar-refractivity contribution in [3.8, 4) is 17.2 Å². The maximum absolute atomic E-state index is 13.4. The average Bonchev–Trinajstić information content (AvgIpc) is 2.85. The Labute approximate surface area is 209 Å². The van der Waals surface area contributed by atoms with Crippen molar-refractivity contribution in [2.75, 3.05) is 13.7 Å². The van der Waals surface area contributed by atoms with E-state index >= 15 is 0 Å². The quantitative estimate of drug-likeness (QED) is 0.518. The first-order chi connectivity index (χ1) is 16.8. The molecule has 184 valence electrons. The van der Waals surface area contributed by atoms with Gasteiger partial charge in [-0.15, -0.1) is 0 Å². The van der Waals surface area contributed by atoms with Crippen molar-refractivity contribution in [2.45, 2.75) is 39.2 Å². The fourth-order valence-electron chi connectivity index (χ4n) is 4.63. The van der Waals surface area contributed by atoms with Crippen LogP contribution in [0.5, 0.6) is 17.2 Å². The van der Waals surface area contributed by atoms with Gasteiger partial charge >= 0.3 is 5.97 Å². The number of phenolic OH excluding ortho intramolecular Hbond substituents is 1. The lowest BCUT2D eigenvalue weighted by molar-refractivity contribution is -0.141. The van der Waals surface area contributed by atoms with Gasteiger partial charge in [-0.05, 0) is 55.7 Å². The number of aromatic hydroxyl groups is 1. The number of rotatable bonds is 7. The maximum Gasteiger partial charge on any atom is 0.336 e. The first-order valence-electron chi connectivity index (χ1n) is 11.5. The third-order valence-electron chi connectivity index (χ3n) is 6.28. The molecule has 0 saturated heterocycles. The van der Waals surface area contributed by atoms with Crippen molar-refractivity contribution in [1.82, 2.24) is 5.32 Å². The number of nitrogens with one attached hydrogen (secondary N) is 1. The van der Waals surface area contributed by atoms with Gasteiger partial charge in [-0.25, -0.2) is 4.79 Å². The summed E-state index contributed by atoms with van der Waals surface area (Å²) in [4.78, 5) is 26.6. The van der Waals surface area contributed by atoms with Gasteiger partial charge in [0.25, 0.3) is 0 Å². The lowest BCUT2D eigenvalue weighted by Crippen LogP contribution is -2.40. The second-order valence-electron chi connectivity index (χ2n) is 8.49. The number of ketones is 1. The highest BCUT2D eigenvalue weighted by Gasteiger charge is 2.43. The van der Waals surface area contributed by atoms with Crippen LogP contribution in [0.15, 0.2) is 59.4 Å². The lowest BCUT2D eigenvalue weighted by Gasteiger charge is -2.38. The number of hydrogen-bond acceptors (Lipinski definition) is 7. The number of phenols is 1. The van der Waals surface area contributed by atoms with Crippen molar-refractivity contribution >= 4 is 23.4 Å². The van der Waals surface area contributed by atoms with Gasteiger partial charge in [0.05, 0.1) is 30.2 Å². The van der Waals surface area contributed by atoms with Crippen LogP contribution in [-0.2, 0) is 20.9 Å². The number of allylic oxidation sites excluding steroid dienone is 3. The zero-order valence-electron chi connectivity index (χ0n) is 19.9. The summed E-state index contributed by atoms with van der Waals surface area (Å²) in [5.41, 5.74) is 3.12.